The van der Waals surface area contributed by atoms with Gasteiger partial charge < -0.3 is 15.4 Å². The molecule has 2 N–H and O–H groups in total. The second kappa shape index (κ2) is 7.59. The lowest BCUT2D eigenvalue weighted by atomic mass is 10.0. The van der Waals surface area contributed by atoms with Crippen LogP contribution in [0.2, 0.25) is 5.02 Å². The number of carbonyl (C=O) groups is 1. The van der Waals surface area contributed by atoms with Crippen molar-refractivity contribution in [3.63, 3.8) is 0 Å². The summed E-state index contributed by atoms with van der Waals surface area (Å²) in [5.74, 6) is -0.212. The molecule has 1 aromatic carbocycles. The first-order valence-electron chi connectivity index (χ1n) is 6.69. The molecule has 1 amide bonds. The zero-order chi connectivity index (χ0) is 14.5. The van der Waals surface area contributed by atoms with Crippen LogP contribution in [0.3, 0.4) is 0 Å². The van der Waals surface area contributed by atoms with Gasteiger partial charge in [-0.05, 0) is 53.8 Å². The Balaban J connectivity index is 2.00. The lowest BCUT2D eigenvalue weighted by molar-refractivity contribution is -0.120. The highest BCUT2D eigenvalue weighted by atomic mass is 127. The van der Waals surface area contributed by atoms with E-state index in [0.717, 1.165) is 16.5 Å². The van der Waals surface area contributed by atoms with E-state index in [1.165, 1.54) is 0 Å². The first-order chi connectivity index (χ1) is 9.61. The van der Waals surface area contributed by atoms with Gasteiger partial charge in [-0.25, -0.2) is 0 Å². The molecule has 0 saturated carbocycles. The Morgan fingerprint density at radius 2 is 2.30 bits per heavy atom. The van der Waals surface area contributed by atoms with Crippen molar-refractivity contribution in [2.24, 2.45) is 5.92 Å². The summed E-state index contributed by atoms with van der Waals surface area (Å²) in [6.45, 7) is 4.03. The van der Waals surface area contributed by atoms with E-state index in [0.29, 0.717) is 23.9 Å². The van der Waals surface area contributed by atoms with E-state index < -0.39 is 0 Å². The Kier molecular flexibility index (Phi) is 6.07. The monoisotopic (exact) mass is 408 g/mol. The molecule has 1 saturated heterocycles. The predicted octanol–water partition coefficient (Wildman–Crippen LogP) is 2.90. The van der Waals surface area contributed by atoms with Crippen LogP contribution >= 0.6 is 34.2 Å². The van der Waals surface area contributed by atoms with Crippen LogP contribution in [-0.4, -0.2) is 31.7 Å². The highest BCUT2D eigenvalue weighted by molar-refractivity contribution is 14.1. The van der Waals surface area contributed by atoms with Crippen LogP contribution < -0.4 is 10.6 Å². The third-order valence-corrected chi connectivity index (χ3v) is 4.25. The van der Waals surface area contributed by atoms with Crippen molar-refractivity contribution in [1.29, 1.82) is 0 Å². The van der Waals surface area contributed by atoms with Crippen LogP contribution in [0.25, 0.3) is 0 Å². The van der Waals surface area contributed by atoms with Gasteiger partial charge in [-0.2, -0.15) is 0 Å². The molecule has 1 aliphatic rings. The van der Waals surface area contributed by atoms with E-state index in [1.54, 1.807) is 0 Å². The lowest BCUT2D eigenvalue weighted by Crippen LogP contribution is -2.41. The third-order valence-electron chi connectivity index (χ3n) is 3.26. The van der Waals surface area contributed by atoms with Crippen molar-refractivity contribution in [1.82, 2.24) is 5.32 Å². The van der Waals surface area contributed by atoms with Crippen molar-refractivity contribution < 1.29 is 9.53 Å². The van der Waals surface area contributed by atoms with E-state index >= 15 is 0 Å². The summed E-state index contributed by atoms with van der Waals surface area (Å²) in [6.07, 6.45) is 1.04. The molecule has 0 aliphatic carbocycles. The molecule has 0 radical (unpaired) electrons. The minimum Gasteiger partial charge on any atom is -0.379 e. The summed E-state index contributed by atoms with van der Waals surface area (Å²) in [4.78, 5) is 12.3. The molecule has 0 aromatic heterocycles. The van der Waals surface area contributed by atoms with Gasteiger partial charge in [0.05, 0.1) is 29.8 Å². The number of anilines is 1. The number of ether oxygens (including phenoxy) is 1. The Morgan fingerprint density at radius 3 is 3.00 bits per heavy atom. The zero-order valence-electron chi connectivity index (χ0n) is 11.3. The number of rotatable bonds is 5. The number of benzene rings is 1. The molecule has 0 spiro atoms. The number of halogens is 2. The Labute approximate surface area is 137 Å². The van der Waals surface area contributed by atoms with E-state index in [1.807, 2.05) is 18.2 Å². The van der Waals surface area contributed by atoms with E-state index in [4.69, 9.17) is 16.3 Å². The molecular weight excluding hydrogens is 391 g/mol. The van der Waals surface area contributed by atoms with Gasteiger partial charge in [0.1, 0.15) is 0 Å². The second-order valence-corrected chi connectivity index (χ2v) is 6.47. The summed E-state index contributed by atoms with van der Waals surface area (Å²) >= 11 is 8.32. The Bertz CT molecular complexity index is 484. The fourth-order valence-corrected chi connectivity index (χ4v) is 3.06. The minimum absolute atomic E-state index is 0.0424. The molecule has 6 heteroatoms. The average molecular weight is 409 g/mol. The lowest BCUT2D eigenvalue weighted by Gasteiger charge is -2.18. The predicted molar refractivity (Wildman–Crippen MR) is 89.2 cm³/mol. The molecule has 0 bridgehead atoms. The summed E-state index contributed by atoms with van der Waals surface area (Å²) in [6, 6.07) is 5.65. The first kappa shape index (κ1) is 16.0. The van der Waals surface area contributed by atoms with E-state index in [2.05, 4.69) is 40.1 Å². The molecule has 1 fully saturated rings. The maximum Gasteiger partial charge on any atom is 0.231 e. The molecule has 2 rings (SSSR count). The van der Waals surface area contributed by atoms with E-state index in [-0.39, 0.29) is 17.9 Å². The Morgan fingerprint density at radius 1 is 1.50 bits per heavy atom. The highest BCUT2D eigenvalue weighted by Gasteiger charge is 2.33. The SMILES string of the molecule is CCCNC1COCC1C(=O)Nc1ccc(I)cc1Cl. The van der Waals surface area contributed by atoms with Gasteiger partial charge in [0.2, 0.25) is 5.91 Å². The summed E-state index contributed by atoms with van der Waals surface area (Å²) in [5, 5.41) is 6.80. The first-order valence-corrected chi connectivity index (χ1v) is 8.14. The smallest absolute Gasteiger partial charge is 0.231 e. The number of amides is 1. The molecular formula is C14H18ClIN2O2. The van der Waals surface area contributed by atoms with Crippen molar-refractivity contribution in [2.45, 2.75) is 19.4 Å². The number of nitrogens with one attached hydrogen (secondary N) is 2. The molecule has 1 heterocycles. The van der Waals surface area contributed by atoms with Gasteiger partial charge in [0.15, 0.2) is 0 Å². The largest absolute Gasteiger partial charge is 0.379 e. The molecule has 1 aliphatic heterocycles. The highest BCUT2D eigenvalue weighted by Crippen LogP contribution is 2.25. The van der Waals surface area contributed by atoms with Gasteiger partial charge in [-0.1, -0.05) is 18.5 Å². The molecule has 4 nitrogen and oxygen atoms in total. The maximum absolute atomic E-state index is 12.3. The third kappa shape index (κ3) is 4.07. The number of hydrogen-bond acceptors (Lipinski definition) is 3. The van der Waals surface area contributed by atoms with Gasteiger partial charge >= 0.3 is 0 Å². The maximum atomic E-state index is 12.3. The van der Waals surface area contributed by atoms with Crippen LogP contribution in [0.5, 0.6) is 0 Å². The van der Waals surface area contributed by atoms with E-state index in [9.17, 15) is 4.79 Å². The summed E-state index contributed by atoms with van der Waals surface area (Å²) in [5.41, 5.74) is 0.651. The van der Waals surface area contributed by atoms with Gasteiger partial charge in [0, 0.05) is 9.61 Å². The summed E-state index contributed by atoms with van der Waals surface area (Å²) in [7, 11) is 0. The molecule has 1 aromatic rings. The minimum atomic E-state index is -0.170. The van der Waals surface area contributed by atoms with Crippen LogP contribution in [0.4, 0.5) is 5.69 Å². The molecule has 110 valence electrons. The average Bonchev–Trinajstić information content (AvgIpc) is 2.88. The number of hydrogen-bond donors (Lipinski definition) is 2. The van der Waals surface area contributed by atoms with Gasteiger partial charge in [-0.15, -0.1) is 0 Å². The van der Waals surface area contributed by atoms with Crippen molar-refractivity contribution in [3.05, 3.63) is 26.8 Å². The van der Waals surface area contributed by atoms with Gasteiger partial charge in [0.25, 0.3) is 0 Å². The fraction of sp³-hybridized carbons (Fsp3) is 0.500. The van der Waals surface area contributed by atoms with Crippen LogP contribution in [-0.2, 0) is 9.53 Å². The summed E-state index contributed by atoms with van der Waals surface area (Å²) < 4.78 is 6.46. The Hall–Kier alpha value is -0.370. The van der Waals surface area contributed by atoms with Crippen molar-refractivity contribution in [3.8, 4) is 0 Å². The topological polar surface area (TPSA) is 50.4 Å². The van der Waals surface area contributed by atoms with Gasteiger partial charge in [-0.3, -0.25) is 4.79 Å². The quantitative estimate of drug-likeness (QED) is 0.737. The molecule has 2 unspecified atom stereocenters. The molecule has 20 heavy (non-hydrogen) atoms. The normalized spacial score (nSPS) is 21.9. The van der Waals surface area contributed by atoms with Crippen molar-refractivity contribution in [2.75, 3.05) is 25.1 Å². The van der Waals surface area contributed by atoms with Crippen molar-refractivity contribution >= 4 is 45.8 Å². The van der Waals surface area contributed by atoms with Crippen LogP contribution in [0, 0.1) is 9.49 Å². The van der Waals surface area contributed by atoms with Crippen LogP contribution in [0.1, 0.15) is 13.3 Å². The molecule has 2 atom stereocenters. The standard InChI is InChI=1S/C14H18ClIN2O2/c1-2-5-17-13-8-20-7-10(13)14(19)18-12-4-3-9(16)6-11(12)15/h3-4,6,10,13,17H,2,5,7-8H2,1H3,(H,18,19). The second-order valence-electron chi connectivity index (χ2n) is 4.82. The zero-order valence-corrected chi connectivity index (χ0v) is 14.2. The fourth-order valence-electron chi connectivity index (χ4n) is 2.16. The number of carbonyl (C=O) groups excluding carboxylic acids is 1. The van der Waals surface area contributed by atoms with Crippen LogP contribution in [0.15, 0.2) is 18.2 Å².